The molecule has 2 nitrogen and oxygen atoms in total. The molecule has 1 saturated heterocycles. The summed E-state index contributed by atoms with van der Waals surface area (Å²) in [7, 11) is 0. The highest BCUT2D eigenvalue weighted by Crippen LogP contribution is 2.27. The summed E-state index contributed by atoms with van der Waals surface area (Å²) < 4.78 is 33.3. The predicted molar refractivity (Wildman–Crippen MR) is 70.7 cm³/mol. The van der Waals surface area contributed by atoms with Crippen LogP contribution in [0.3, 0.4) is 0 Å². The summed E-state index contributed by atoms with van der Waals surface area (Å²) in [5, 5.41) is 2.96. The molecular formula is C13H16BrF2NO. The number of nitrogens with one attached hydrogen (secondary N) is 1. The van der Waals surface area contributed by atoms with Crippen LogP contribution in [-0.4, -0.2) is 18.8 Å². The topological polar surface area (TPSA) is 21.3 Å². The van der Waals surface area contributed by atoms with Crippen LogP contribution in [0.4, 0.5) is 14.5 Å². The third kappa shape index (κ3) is 3.20. The van der Waals surface area contributed by atoms with Crippen molar-refractivity contribution < 1.29 is 13.5 Å². The van der Waals surface area contributed by atoms with E-state index in [1.807, 2.05) is 6.92 Å². The van der Waals surface area contributed by atoms with Gasteiger partial charge in [0, 0.05) is 17.1 Å². The Bertz CT molecular complexity index is 404. The molecule has 18 heavy (non-hydrogen) atoms. The molecule has 0 bridgehead atoms. The summed E-state index contributed by atoms with van der Waals surface area (Å²) in [5.74, 6) is -1.14. The third-order valence-electron chi connectivity index (χ3n) is 3.18. The second kappa shape index (κ2) is 5.97. The lowest BCUT2D eigenvalue weighted by Gasteiger charge is -2.30. The molecule has 5 heteroatoms. The summed E-state index contributed by atoms with van der Waals surface area (Å²) in [6.45, 7) is 2.68. The Morgan fingerprint density at radius 1 is 1.39 bits per heavy atom. The van der Waals surface area contributed by atoms with Crippen LogP contribution in [0.2, 0.25) is 0 Å². The van der Waals surface area contributed by atoms with Crippen molar-refractivity contribution in [3.8, 4) is 0 Å². The van der Waals surface area contributed by atoms with Crippen molar-refractivity contribution in [3.05, 3.63) is 28.2 Å². The van der Waals surface area contributed by atoms with Crippen LogP contribution in [0.15, 0.2) is 16.6 Å². The van der Waals surface area contributed by atoms with Crippen molar-refractivity contribution in [2.24, 2.45) is 0 Å². The van der Waals surface area contributed by atoms with Crippen LogP contribution in [0.25, 0.3) is 0 Å². The number of hydrogen-bond donors (Lipinski definition) is 1. The van der Waals surface area contributed by atoms with E-state index in [2.05, 4.69) is 21.2 Å². The average Bonchev–Trinajstić information content (AvgIpc) is 2.34. The molecule has 1 aromatic rings. The Balaban J connectivity index is 2.09. The Morgan fingerprint density at radius 3 is 2.67 bits per heavy atom. The van der Waals surface area contributed by atoms with E-state index in [0.29, 0.717) is 11.1 Å². The molecule has 100 valence electrons. The summed E-state index contributed by atoms with van der Waals surface area (Å²) in [4.78, 5) is 0. The van der Waals surface area contributed by atoms with E-state index in [1.165, 1.54) is 12.1 Å². The van der Waals surface area contributed by atoms with Gasteiger partial charge in [-0.3, -0.25) is 0 Å². The molecule has 2 rings (SSSR count). The second-order valence-electron chi connectivity index (χ2n) is 4.51. The van der Waals surface area contributed by atoms with Gasteiger partial charge in [-0.15, -0.1) is 0 Å². The van der Waals surface area contributed by atoms with Crippen molar-refractivity contribution in [2.75, 3.05) is 11.9 Å². The van der Waals surface area contributed by atoms with Gasteiger partial charge in [0.15, 0.2) is 0 Å². The van der Waals surface area contributed by atoms with Crippen molar-refractivity contribution in [1.82, 2.24) is 0 Å². The first-order valence-electron chi connectivity index (χ1n) is 6.12. The highest BCUT2D eigenvalue weighted by molar-refractivity contribution is 9.10. The largest absolute Gasteiger partial charge is 0.378 e. The molecule has 0 aliphatic carbocycles. The van der Waals surface area contributed by atoms with Crippen LogP contribution in [0, 0.1) is 11.6 Å². The Kier molecular flexibility index (Phi) is 4.56. The van der Waals surface area contributed by atoms with Crippen LogP contribution in [0.5, 0.6) is 0 Å². The Labute approximate surface area is 114 Å². The van der Waals surface area contributed by atoms with E-state index < -0.39 is 11.6 Å². The zero-order valence-electron chi connectivity index (χ0n) is 10.2. The van der Waals surface area contributed by atoms with Crippen LogP contribution in [-0.2, 0) is 4.74 Å². The van der Waals surface area contributed by atoms with Gasteiger partial charge < -0.3 is 10.1 Å². The van der Waals surface area contributed by atoms with Crippen molar-refractivity contribution in [2.45, 2.75) is 38.3 Å². The minimum Gasteiger partial charge on any atom is -0.378 e. The fourth-order valence-electron chi connectivity index (χ4n) is 2.18. The van der Waals surface area contributed by atoms with Gasteiger partial charge in [-0.1, -0.05) is 22.9 Å². The molecule has 0 aromatic heterocycles. The standard InChI is InChI=1S/C13H16BrF2NO/c1-2-10-7-9(3-4-18-10)17-13-11(15)5-8(14)6-12(13)16/h5-6,9-10,17H,2-4,7H2,1H3. The maximum atomic E-state index is 13.7. The number of ether oxygens (including phenoxy) is 1. The number of rotatable bonds is 3. The summed E-state index contributed by atoms with van der Waals surface area (Å²) in [6, 6.07) is 2.60. The number of benzene rings is 1. The van der Waals surface area contributed by atoms with Gasteiger partial charge in [0.05, 0.1) is 6.10 Å². The van der Waals surface area contributed by atoms with E-state index in [9.17, 15) is 8.78 Å². The molecule has 2 atom stereocenters. The van der Waals surface area contributed by atoms with Gasteiger partial charge in [-0.2, -0.15) is 0 Å². The van der Waals surface area contributed by atoms with Gasteiger partial charge >= 0.3 is 0 Å². The van der Waals surface area contributed by atoms with Crippen molar-refractivity contribution in [1.29, 1.82) is 0 Å². The van der Waals surface area contributed by atoms with Crippen molar-refractivity contribution in [3.63, 3.8) is 0 Å². The van der Waals surface area contributed by atoms with Gasteiger partial charge in [0.1, 0.15) is 17.3 Å². The molecule has 2 unspecified atom stereocenters. The highest BCUT2D eigenvalue weighted by Gasteiger charge is 2.23. The van der Waals surface area contributed by atoms with E-state index in [0.717, 1.165) is 19.3 Å². The molecule has 1 aliphatic rings. The van der Waals surface area contributed by atoms with Crippen LogP contribution >= 0.6 is 15.9 Å². The summed E-state index contributed by atoms with van der Waals surface area (Å²) in [5.41, 5.74) is -0.0417. The minimum absolute atomic E-state index is 0.0417. The first-order valence-corrected chi connectivity index (χ1v) is 6.92. The van der Waals surface area contributed by atoms with Crippen molar-refractivity contribution >= 4 is 21.6 Å². The fourth-order valence-corrected chi connectivity index (χ4v) is 2.58. The van der Waals surface area contributed by atoms with Gasteiger partial charge in [-0.05, 0) is 31.4 Å². The maximum absolute atomic E-state index is 13.7. The van der Waals surface area contributed by atoms with Crippen LogP contribution in [0.1, 0.15) is 26.2 Å². The minimum atomic E-state index is -0.568. The van der Waals surface area contributed by atoms with E-state index in [-0.39, 0.29) is 17.8 Å². The lowest BCUT2D eigenvalue weighted by Crippen LogP contribution is -2.34. The number of hydrogen-bond acceptors (Lipinski definition) is 2. The normalized spacial score (nSPS) is 24.0. The molecular weight excluding hydrogens is 304 g/mol. The zero-order chi connectivity index (χ0) is 13.1. The molecule has 0 radical (unpaired) electrons. The number of anilines is 1. The molecule has 1 fully saturated rings. The highest BCUT2D eigenvalue weighted by atomic mass is 79.9. The molecule has 0 saturated carbocycles. The summed E-state index contributed by atoms with van der Waals surface area (Å²) in [6.07, 6.45) is 2.65. The van der Waals surface area contributed by atoms with Crippen LogP contribution < -0.4 is 5.32 Å². The molecule has 1 heterocycles. The Hall–Kier alpha value is -0.680. The monoisotopic (exact) mass is 319 g/mol. The molecule has 1 aromatic carbocycles. The number of halogens is 3. The SMILES string of the molecule is CCC1CC(Nc2c(F)cc(Br)cc2F)CCO1. The first kappa shape index (κ1) is 13.7. The quantitative estimate of drug-likeness (QED) is 0.905. The first-order chi connectivity index (χ1) is 8.60. The van der Waals surface area contributed by atoms with Gasteiger partial charge in [-0.25, -0.2) is 8.78 Å². The van der Waals surface area contributed by atoms with Gasteiger partial charge in [0.25, 0.3) is 0 Å². The molecule has 1 N–H and O–H groups in total. The molecule has 0 spiro atoms. The van der Waals surface area contributed by atoms with Gasteiger partial charge in [0.2, 0.25) is 0 Å². The molecule has 1 aliphatic heterocycles. The lowest BCUT2D eigenvalue weighted by molar-refractivity contribution is 0.00916. The lowest BCUT2D eigenvalue weighted by atomic mass is 10.0. The fraction of sp³-hybridized carbons (Fsp3) is 0.538. The molecule has 0 amide bonds. The zero-order valence-corrected chi connectivity index (χ0v) is 11.8. The average molecular weight is 320 g/mol. The predicted octanol–water partition coefficient (Wildman–Crippen LogP) is 4.10. The van der Waals surface area contributed by atoms with E-state index in [1.54, 1.807) is 0 Å². The Morgan fingerprint density at radius 2 is 2.06 bits per heavy atom. The third-order valence-corrected chi connectivity index (χ3v) is 3.64. The smallest absolute Gasteiger partial charge is 0.150 e. The summed E-state index contributed by atoms with van der Waals surface area (Å²) >= 11 is 3.07. The maximum Gasteiger partial charge on any atom is 0.150 e. The van der Waals surface area contributed by atoms with E-state index in [4.69, 9.17) is 4.74 Å². The van der Waals surface area contributed by atoms with E-state index >= 15 is 0 Å². The second-order valence-corrected chi connectivity index (χ2v) is 5.43.